The van der Waals surface area contributed by atoms with Crippen LogP contribution in [0.5, 0.6) is 0 Å². The third-order valence-electron chi connectivity index (χ3n) is 2.84. The maximum absolute atomic E-state index is 10.9. The first-order chi connectivity index (χ1) is 7.75. The van der Waals surface area contributed by atoms with Gasteiger partial charge in [-0.15, -0.1) is 0 Å². The SMILES string of the molecule is O=C(O)C1=CC=C2C(=Nc3ccccc32)C1. The average molecular weight is 211 g/mol. The van der Waals surface area contributed by atoms with Gasteiger partial charge in [0.15, 0.2) is 0 Å². The molecular formula is C13H9NO2. The number of nitrogens with zero attached hydrogens (tertiary/aromatic N) is 1. The summed E-state index contributed by atoms with van der Waals surface area (Å²) in [5.74, 6) is -0.867. The molecule has 1 N–H and O–H groups in total. The lowest BCUT2D eigenvalue weighted by Gasteiger charge is -2.09. The second-order valence-electron chi connectivity index (χ2n) is 3.83. The van der Waals surface area contributed by atoms with Crippen molar-refractivity contribution in [3.63, 3.8) is 0 Å². The number of benzene rings is 1. The Balaban J connectivity index is 2.10. The molecule has 78 valence electrons. The lowest BCUT2D eigenvalue weighted by Crippen LogP contribution is -2.10. The lowest BCUT2D eigenvalue weighted by molar-refractivity contribution is -0.132. The van der Waals surface area contributed by atoms with Gasteiger partial charge in [-0.3, -0.25) is 4.99 Å². The molecule has 0 aromatic heterocycles. The van der Waals surface area contributed by atoms with Crippen LogP contribution in [0.4, 0.5) is 5.69 Å². The van der Waals surface area contributed by atoms with E-state index in [0.29, 0.717) is 12.0 Å². The van der Waals surface area contributed by atoms with Gasteiger partial charge in [0.2, 0.25) is 0 Å². The molecule has 1 aliphatic heterocycles. The van der Waals surface area contributed by atoms with Crippen molar-refractivity contribution in [2.75, 3.05) is 0 Å². The molecule has 0 amide bonds. The Bertz CT molecular complexity index is 579. The van der Waals surface area contributed by atoms with Crippen LogP contribution in [0.1, 0.15) is 12.0 Å². The number of aliphatic imine (C=N–C) groups is 1. The van der Waals surface area contributed by atoms with E-state index in [4.69, 9.17) is 5.11 Å². The molecule has 0 radical (unpaired) electrons. The molecule has 1 aromatic carbocycles. The van der Waals surface area contributed by atoms with E-state index in [0.717, 1.165) is 22.5 Å². The summed E-state index contributed by atoms with van der Waals surface area (Å²) >= 11 is 0. The van der Waals surface area contributed by atoms with Crippen molar-refractivity contribution in [3.05, 3.63) is 47.6 Å². The molecule has 16 heavy (non-hydrogen) atoms. The second kappa shape index (κ2) is 3.17. The minimum absolute atomic E-state index is 0.398. The maximum Gasteiger partial charge on any atom is 0.331 e. The number of aliphatic carboxylic acids is 1. The molecule has 1 aliphatic carbocycles. The first-order valence-corrected chi connectivity index (χ1v) is 5.07. The fourth-order valence-electron chi connectivity index (χ4n) is 2.05. The first-order valence-electron chi connectivity index (χ1n) is 5.07. The van der Waals surface area contributed by atoms with Gasteiger partial charge in [-0.25, -0.2) is 4.79 Å². The minimum Gasteiger partial charge on any atom is -0.478 e. The number of allylic oxidation sites excluding steroid dienone is 3. The van der Waals surface area contributed by atoms with Gasteiger partial charge in [0, 0.05) is 23.1 Å². The largest absolute Gasteiger partial charge is 0.478 e. The van der Waals surface area contributed by atoms with Crippen molar-refractivity contribution in [1.82, 2.24) is 0 Å². The van der Waals surface area contributed by atoms with E-state index in [-0.39, 0.29) is 0 Å². The van der Waals surface area contributed by atoms with Crippen LogP contribution in [0.2, 0.25) is 0 Å². The number of carboxylic acid groups (broad SMARTS) is 1. The summed E-state index contributed by atoms with van der Waals surface area (Å²) in [6.45, 7) is 0. The highest BCUT2D eigenvalue weighted by Gasteiger charge is 2.25. The van der Waals surface area contributed by atoms with Gasteiger partial charge in [0.1, 0.15) is 0 Å². The van der Waals surface area contributed by atoms with Crippen molar-refractivity contribution >= 4 is 22.9 Å². The monoisotopic (exact) mass is 211 g/mol. The molecule has 0 saturated carbocycles. The van der Waals surface area contributed by atoms with Gasteiger partial charge < -0.3 is 5.11 Å². The van der Waals surface area contributed by atoms with Crippen LogP contribution >= 0.6 is 0 Å². The van der Waals surface area contributed by atoms with Crippen molar-refractivity contribution < 1.29 is 9.90 Å². The number of para-hydroxylation sites is 1. The second-order valence-corrected chi connectivity index (χ2v) is 3.83. The number of rotatable bonds is 1. The summed E-state index contributed by atoms with van der Waals surface area (Å²) in [7, 11) is 0. The molecule has 1 heterocycles. The van der Waals surface area contributed by atoms with Gasteiger partial charge in [-0.2, -0.15) is 0 Å². The fraction of sp³-hybridized carbons (Fsp3) is 0.0769. The predicted octanol–water partition coefficient (Wildman–Crippen LogP) is 2.57. The van der Waals surface area contributed by atoms with Crippen molar-refractivity contribution in [2.45, 2.75) is 6.42 Å². The number of carbonyl (C=O) groups is 1. The summed E-state index contributed by atoms with van der Waals surface area (Å²) in [6.07, 6.45) is 3.92. The van der Waals surface area contributed by atoms with Gasteiger partial charge >= 0.3 is 5.97 Å². The summed E-state index contributed by atoms with van der Waals surface area (Å²) in [5, 5.41) is 8.92. The van der Waals surface area contributed by atoms with E-state index < -0.39 is 5.97 Å². The summed E-state index contributed by atoms with van der Waals surface area (Å²) in [5.41, 5.74) is 4.35. The van der Waals surface area contributed by atoms with E-state index in [1.165, 1.54) is 0 Å². The zero-order chi connectivity index (χ0) is 11.1. The van der Waals surface area contributed by atoms with Crippen LogP contribution in [0.15, 0.2) is 47.0 Å². The number of fused-ring (bicyclic) bond motifs is 3. The Kier molecular flexibility index (Phi) is 1.80. The zero-order valence-electron chi connectivity index (χ0n) is 8.47. The molecule has 0 saturated heterocycles. The molecule has 3 heteroatoms. The van der Waals surface area contributed by atoms with Crippen molar-refractivity contribution in [1.29, 1.82) is 0 Å². The van der Waals surface area contributed by atoms with Gasteiger partial charge in [0.05, 0.1) is 11.4 Å². The van der Waals surface area contributed by atoms with Gasteiger partial charge in [-0.1, -0.05) is 30.4 Å². The van der Waals surface area contributed by atoms with Crippen LogP contribution in [-0.4, -0.2) is 16.8 Å². The molecule has 0 fully saturated rings. The van der Waals surface area contributed by atoms with E-state index in [1.54, 1.807) is 6.08 Å². The predicted molar refractivity (Wildman–Crippen MR) is 61.8 cm³/mol. The molecule has 0 atom stereocenters. The first kappa shape index (κ1) is 9.09. The van der Waals surface area contributed by atoms with E-state index in [1.807, 2.05) is 30.3 Å². The third-order valence-corrected chi connectivity index (χ3v) is 2.84. The van der Waals surface area contributed by atoms with Crippen molar-refractivity contribution in [3.8, 4) is 0 Å². The molecule has 0 spiro atoms. The Morgan fingerprint density at radius 1 is 1.25 bits per heavy atom. The van der Waals surface area contributed by atoms with Crippen molar-refractivity contribution in [2.24, 2.45) is 4.99 Å². The van der Waals surface area contributed by atoms with E-state index in [9.17, 15) is 4.79 Å². The Hall–Kier alpha value is -2.16. The van der Waals surface area contributed by atoms with Gasteiger partial charge in [0.25, 0.3) is 0 Å². The highest BCUT2D eigenvalue weighted by atomic mass is 16.4. The summed E-state index contributed by atoms with van der Waals surface area (Å²) < 4.78 is 0. The normalized spacial score (nSPS) is 16.9. The van der Waals surface area contributed by atoms with Gasteiger partial charge in [-0.05, 0) is 6.07 Å². The molecule has 2 aliphatic rings. The number of carboxylic acids is 1. The number of hydrogen-bond donors (Lipinski definition) is 1. The zero-order valence-corrected chi connectivity index (χ0v) is 8.47. The maximum atomic E-state index is 10.9. The molecule has 0 bridgehead atoms. The van der Waals surface area contributed by atoms with Crippen LogP contribution in [-0.2, 0) is 4.79 Å². The Morgan fingerprint density at radius 3 is 2.88 bits per heavy atom. The standard InChI is InChI=1S/C13H9NO2/c15-13(16)8-5-6-10-9-3-1-2-4-11(9)14-12(10)7-8/h1-6H,7H2,(H,15,16). The number of hydrogen-bond acceptors (Lipinski definition) is 2. The molecule has 3 nitrogen and oxygen atoms in total. The summed E-state index contributed by atoms with van der Waals surface area (Å²) in [4.78, 5) is 15.3. The fourth-order valence-corrected chi connectivity index (χ4v) is 2.05. The molecule has 0 unspecified atom stereocenters. The van der Waals surface area contributed by atoms with Crippen LogP contribution in [0.3, 0.4) is 0 Å². The highest BCUT2D eigenvalue weighted by Crippen LogP contribution is 2.38. The smallest absolute Gasteiger partial charge is 0.331 e. The molecular weight excluding hydrogens is 202 g/mol. The highest BCUT2D eigenvalue weighted by molar-refractivity contribution is 6.31. The summed E-state index contributed by atoms with van der Waals surface area (Å²) in [6, 6.07) is 7.86. The quantitative estimate of drug-likeness (QED) is 0.776. The van der Waals surface area contributed by atoms with E-state index in [2.05, 4.69) is 4.99 Å². The Morgan fingerprint density at radius 2 is 2.06 bits per heavy atom. The lowest BCUT2D eigenvalue weighted by atomic mass is 9.93. The average Bonchev–Trinajstić information content (AvgIpc) is 2.66. The van der Waals surface area contributed by atoms with Crippen LogP contribution in [0.25, 0.3) is 5.57 Å². The minimum atomic E-state index is -0.867. The molecule has 3 rings (SSSR count). The van der Waals surface area contributed by atoms with Crippen LogP contribution < -0.4 is 0 Å². The topological polar surface area (TPSA) is 49.7 Å². The third kappa shape index (κ3) is 1.21. The van der Waals surface area contributed by atoms with E-state index >= 15 is 0 Å². The van der Waals surface area contributed by atoms with Crippen LogP contribution in [0, 0.1) is 0 Å². The Labute approximate surface area is 92.4 Å². The molecule has 1 aromatic rings.